The smallest absolute Gasteiger partial charge is 0.128 e. The van der Waals surface area contributed by atoms with Gasteiger partial charge in [-0.1, -0.05) is 18.2 Å². The van der Waals surface area contributed by atoms with E-state index in [1.165, 1.54) is 32.0 Å². The standard InChI is InChI=1S/C16H26FN3/c1-13(18)16(14-7-3-4-8-15(14)17)19(2)11-12-20-9-5-6-10-20/h3-4,7-8,13,16H,5-6,9-12,18H2,1-2H3. The summed E-state index contributed by atoms with van der Waals surface area (Å²) >= 11 is 0. The molecule has 2 N–H and O–H groups in total. The van der Waals surface area contributed by atoms with Gasteiger partial charge in [0.2, 0.25) is 0 Å². The molecule has 4 heteroatoms. The number of hydrogen-bond donors (Lipinski definition) is 1. The molecule has 0 bridgehead atoms. The molecule has 0 aliphatic carbocycles. The highest BCUT2D eigenvalue weighted by Gasteiger charge is 2.24. The maximum atomic E-state index is 14.0. The third-order valence-electron chi connectivity index (χ3n) is 4.16. The van der Waals surface area contributed by atoms with Crippen molar-refractivity contribution in [2.75, 3.05) is 33.2 Å². The van der Waals surface area contributed by atoms with Gasteiger partial charge in [-0.3, -0.25) is 4.90 Å². The van der Waals surface area contributed by atoms with Gasteiger partial charge in [0.05, 0.1) is 6.04 Å². The van der Waals surface area contributed by atoms with E-state index in [1.807, 2.05) is 26.1 Å². The van der Waals surface area contributed by atoms with Crippen LogP contribution in [0.25, 0.3) is 0 Å². The molecular formula is C16H26FN3. The van der Waals surface area contributed by atoms with Gasteiger partial charge in [0, 0.05) is 24.7 Å². The fourth-order valence-electron chi connectivity index (χ4n) is 3.08. The summed E-state index contributed by atoms with van der Waals surface area (Å²) in [6.07, 6.45) is 2.60. The first kappa shape index (κ1) is 15.4. The van der Waals surface area contributed by atoms with Crippen LogP contribution in [0, 0.1) is 5.82 Å². The summed E-state index contributed by atoms with van der Waals surface area (Å²) < 4.78 is 14.0. The molecule has 1 aliphatic heterocycles. The van der Waals surface area contributed by atoms with Crippen molar-refractivity contribution in [3.63, 3.8) is 0 Å². The first-order valence-electron chi connectivity index (χ1n) is 7.52. The predicted octanol–water partition coefficient (Wildman–Crippen LogP) is 2.24. The third-order valence-corrected chi connectivity index (χ3v) is 4.16. The molecule has 2 rings (SSSR count). The molecule has 3 nitrogen and oxygen atoms in total. The highest BCUT2D eigenvalue weighted by atomic mass is 19.1. The van der Waals surface area contributed by atoms with E-state index in [0.717, 1.165) is 13.1 Å². The van der Waals surface area contributed by atoms with Crippen LogP contribution in [0.1, 0.15) is 31.4 Å². The molecule has 1 aromatic rings. The van der Waals surface area contributed by atoms with Crippen LogP contribution in [-0.4, -0.2) is 49.1 Å². The molecule has 20 heavy (non-hydrogen) atoms. The van der Waals surface area contributed by atoms with Crippen molar-refractivity contribution < 1.29 is 4.39 Å². The van der Waals surface area contributed by atoms with Crippen LogP contribution in [-0.2, 0) is 0 Å². The summed E-state index contributed by atoms with van der Waals surface area (Å²) in [5.74, 6) is -0.164. The van der Waals surface area contributed by atoms with Gasteiger partial charge in [-0.15, -0.1) is 0 Å². The number of nitrogens with zero attached hydrogens (tertiary/aromatic N) is 2. The van der Waals surface area contributed by atoms with E-state index in [0.29, 0.717) is 5.56 Å². The minimum absolute atomic E-state index is 0.0706. The zero-order chi connectivity index (χ0) is 14.5. The number of rotatable bonds is 6. The van der Waals surface area contributed by atoms with Crippen LogP contribution in [0.2, 0.25) is 0 Å². The van der Waals surface area contributed by atoms with E-state index in [4.69, 9.17) is 5.73 Å². The van der Waals surface area contributed by atoms with Crippen LogP contribution in [0.5, 0.6) is 0 Å². The molecule has 2 unspecified atom stereocenters. The number of likely N-dealkylation sites (N-methyl/N-ethyl adjacent to an activating group) is 1. The Hall–Kier alpha value is -0.970. The lowest BCUT2D eigenvalue weighted by molar-refractivity contribution is 0.185. The molecule has 0 saturated carbocycles. The predicted molar refractivity (Wildman–Crippen MR) is 81.1 cm³/mol. The fourth-order valence-corrected chi connectivity index (χ4v) is 3.08. The first-order chi connectivity index (χ1) is 9.59. The Kier molecular flexibility index (Phi) is 5.52. The van der Waals surface area contributed by atoms with Gasteiger partial charge in [0.1, 0.15) is 5.82 Å². The lowest BCUT2D eigenvalue weighted by Crippen LogP contribution is -2.41. The zero-order valence-electron chi connectivity index (χ0n) is 12.6. The average Bonchev–Trinajstić information content (AvgIpc) is 2.92. The van der Waals surface area contributed by atoms with Crippen molar-refractivity contribution in [3.8, 4) is 0 Å². The van der Waals surface area contributed by atoms with Gasteiger partial charge in [-0.05, 0) is 46.0 Å². The molecule has 1 aliphatic rings. The van der Waals surface area contributed by atoms with Crippen molar-refractivity contribution in [2.24, 2.45) is 5.73 Å². The molecule has 0 amide bonds. The van der Waals surface area contributed by atoms with Crippen molar-refractivity contribution in [2.45, 2.75) is 31.8 Å². The Morgan fingerprint density at radius 3 is 2.55 bits per heavy atom. The second-order valence-corrected chi connectivity index (χ2v) is 5.85. The van der Waals surface area contributed by atoms with E-state index in [9.17, 15) is 4.39 Å². The van der Waals surface area contributed by atoms with Gasteiger partial charge < -0.3 is 10.6 Å². The molecule has 1 fully saturated rings. The topological polar surface area (TPSA) is 32.5 Å². The minimum Gasteiger partial charge on any atom is -0.326 e. The SMILES string of the molecule is CC(N)C(c1ccccc1F)N(C)CCN1CCCC1. The summed E-state index contributed by atoms with van der Waals surface area (Å²) in [6.45, 7) is 6.28. The molecule has 0 aromatic heterocycles. The maximum Gasteiger partial charge on any atom is 0.128 e. The normalized spacial score (nSPS) is 19.4. The van der Waals surface area contributed by atoms with E-state index in [1.54, 1.807) is 6.07 Å². The largest absolute Gasteiger partial charge is 0.326 e. The van der Waals surface area contributed by atoms with Gasteiger partial charge in [-0.2, -0.15) is 0 Å². The minimum atomic E-state index is -0.164. The summed E-state index contributed by atoms with van der Waals surface area (Å²) in [4.78, 5) is 4.65. The van der Waals surface area contributed by atoms with Gasteiger partial charge in [-0.25, -0.2) is 4.39 Å². The van der Waals surface area contributed by atoms with Crippen LogP contribution in [0.3, 0.4) is 0 Å². The maximum absolute atomic E-state index is 14.0. The molecule has 0 radical (unpaired) electrons. The monoisotopic (exact) mass is 279 g/mol. The number of halogens is 1. The van der Waals surface area contributed by atoms with E-state index >= 15 is 0 Å². The van der Waals surface area contributed by atoms with E-state index in [2.05, 4.69) is 9.80 Å². The van der Waals surface area contributed by atoms with Gasteiger partial charge >= 0.3 is 0 Å². The van der Waals surface area contributed by atoms with E-state index < -0.39 is 0 Å². The van der Waals surface area contributed by atoms with Crippen molar-refractivity contribution in [3.05, 3.63) is 35.6 Å². The molecule has 1 saturated heterocycles. The van der Waals surface area contributed by atoms with Gasteiger partial charge in [0.15, 0.2) is 0 Å². The highest BCUT2D eigenvalue weighted by Crippen LogP contribution is 2.24. The number of likely N-dealkylation sites (tertiary alicyclic amines) is 1. The van der Waals surface area contributed by atoms with Crippen molar-refractivity contribution >= 4 is 0 Å². The molecular weight excluding hydrogens is 253 g/mol. The molecule has 0 spiro atoms. The summed E-state index contributed by atoms with van der Waals surface area (Å²) in [5.41, 5.74) is 6.80. The fraction of sp³-hybridized carbons (Fsp3) is 0.625. The Bertz CT molecular complexity index is 416. The summed E-state index contributed by atoms with van der Waals surface area (Å²) in [6, 6.07) is 6.78. The van der Waals surface area contributed by atoms with Gasteiger partial charge in [0.25, 0.3) is 0 Å². The molecule has 1 heterocycles. The second kappa shape index (κ2) is 7.16. The number of nitrogens with two attached hydrogens (primary N) is 1. The average molecular weight is 279 g/mol. The molecule has 2 atom stereocenters. The third kappa shape index (κ3) is 3.78. The summed E-state index contributed by atoms with van der Waals surface area (Å²) in [7, 11) is 2.04. The van der Waals surface area contributed by atoms with Crippen molar-refractivity contribution in [1.82, 2.24) is 9.80 Å². The second-order valence-electron chi connectivity index (χ2n) is 5.85. The highest BCUT2D eigenvalue weighted by molar-refractivity contribution is 5.22. The van der Waals surface area contributed by atoms with Crippen LogP contribution in [0.15, 0.2) is 24.3 Å². The lowest BCUT2D eigenvalue weighted by atomic mass is 9.99. The van der Waals surface area contributed by atoms with E-state index in [-0.39, 0.29) is 17.9 Å². The number of hydrogen-bond acceptors (Lipinski definition) is 3. The van der Waals surface area contributed by atoms with Crippen LogP contribution >= 0.6 is 0 Å². The van der Waals surface area contributed by atoms with Crippen LogP contribution < -0.4 is 5.73 Å². The molecule has 112 valence electrons. The lowest BCUT2D eigenvalue weighted by Gasteiger charge is -2.32. The van der Waals surface area contributed by atoms with Crippen molar-refractivity contribution in [1.29, 1.82) is 0 Å². The Morgan fingerprint density at radius 1 is 1.30 bits per heavy atom. The first-order valence-corrected chi connectivity index (χ1v) is 7.52. The Labute approximate surface area is 121 Å². The quantitative estimate of drug-likeness (QED) is 0.867. The Balaban J connectivity index is 2.02. The summed E-state index contributed by atoms with van der Waals surface area (Å²) in [5, 5.41) is 0. The number of benzene rings is 1. The Morgan fingerprint density at radius 2 is 1.95 bits per heavy atom. The zero-order valence-corrected chi connectivity index (χ0v) is 12.6. The molecule has 1 aromatic carbocycles. The van der Waals surface area contributed by atoms with Crippen LogP contribution in [0.4, 0.5) is 4.39 Å².